The molecule has 0 radical (unpaired) electrons. The standard InChI is InChI=1S/C13H19N3O/c1-9-5-6-12(7-9)15-10-3-2-4-11(8-10)16-13(14)17/h2-4,8-9,12,15H,5-7H2,1H3,(H3,14,16,17). The van der Waals surface area contributed by atoms with Crippen LogP contribution in [0, 0.1) is 5.92 Å². The normalized spacial score (nSPS) is 23.4. The smallest absolute Gasteiger partial charge is 0.316 e. The molecule has 4 heteroatoms. The summed E-state index contributed by atoms with van der Waals surface area (Å²) in [7, 11) is 0. The fourth-order valence-electron chi connectivity index (χ4n) is 2.40. The predicted molar refractivity (Wildman–Crippen MR) is 70.1 cm³/mol. The van der Waals surface area contributed by atoms with Crippen molar-refractivity contribution in [3.8, 4) is 0 Å². The number of anilines is 2. The van der Waals surface area contributed by atoms with Crippen molar-refractivity contribution in [1.29, 1.82) is 0 Å². The van der Waals surface area contributed by atoms with E-state index in [0.29, 0.717) is 6.04 Å². The van der Waals surface area contributed by atoms with Crippen LogP contribution in [0.3, 0.4) is 0 Å². The molecule has 92 valence electrons. The van der Waals surface area contributed by atoms with Gasteiger partial charge in [-0.05, 0) is 43.4 Å². The lowest BCUT2D eigenvalue weighted by Gasteiger charge is -2.14. The zero-order chi connectivity index (χ0) is 12.3. The number of carbonyl (C=O) groups excluding carboxylic acids is 1. The van der Waals surface area contributed by atoms with Crippen LogP contribution in [0.15, 0.2) is 24.3 Å². The van der Waals surface area contributed by atoms with Crippen molar-refractivity contribution >= 4 is 17.4 Å². The van der Waals surface area contributed by atoms with Crippen molar-refractivity contribution in [2.75, 3.05) is 10.6 Å². The molecule has 0 heterocycles. The Hall–Kier alpha value is -1.71. The second kappa shape index (κ2) is 5.08. The number of urea groups is 1. The van der Waals surface area contributed by atoms with Crippen molar-refractivity contribution in [2.45, 2.75) is 32.2 Å². The Morgan fingerprint density at radius 2 is 2.12 bits per heavy atom. The van der Waals surface area contributed by atoms with E-state index in [1.165, 1.54) is 19.3 Å². The topological polar surface area (TPSA) is 67.2 Å². The largest absolute Gasteiger partial charge is 0.382 e. The van der Waals surface area contributed by atoms with E-state index < -0.39 is 6.03 Å². The van der Waals surface area contributed by atoms with E-state index in [1.807, 2.05) is 24.3 Å². The first kappa shape index (κ1) is 11.8. The molecule has 2 atom stereocenters. The van der Waals surface area contributed by atoms with E-state index in [9.17, 15) is 4.79 Å². The zero-order valence-electron chi connectivity index (χ0n) is 10.1. The van der Waals surface area contributed by atoms with E-state index in [0.717, 1.165) is 17.3 Å². The highest BCUT2D eigenvalue weighted by atomic mass is 16.2. The van der Waals surface area contributed by atoms with Gasteiger partial charge in [-0.3, -0.25) is 0 Å². The van der Waals surface area contributed by atoms with Gasteiger partial charge < -0.3 is 16.4 Å². The van der Waals surface area contributed by atoms with Gasteiger partial charge >= 0.3 is 6.03 Å². The fraction of sp³-hybridized carbons (Fsp3) is 0.462. The average Bonchev–Trinajstić information content (AvgIpc) is 2.63. The minimum Gasteiger partial charge on any atom is -0.382 e. The lowest BCUT2D eigenvalue weighted by atomic mass is 10.1. The first-order valence-corrected chi connectivity index (χ1v) is 6.06. The van der Waals surface area contributed by atoms with Crippen LogP contribution in [0.4, 0.5) is 16.2 Å². The molecule has 2 rings (SSSR count). The van der Waals surface area contributed by atoms with Gasteiger partial charge in [0.15, 0.2) is 0 Å². The van der Waals surface area contributed by atoms with Gasteiger partial charge in [-0.2, -0.15) is 0 Å². The number of hydrogen-bond donors (Lipinski definition) is 3. The summed E-state index contributed by atoms with van der Waals surface area (Å²) in [6, 6.07) is 7.67. The molecule has 4 N–H and O–H groups in total. The van der Waals surface area contributed by atoms with Gasteiger partial charge in [0, 0.05) is 17.4 Å². The summed E-state index contributed by atoms with van der Waals surface area (Å²) in [4.78, 5) is 10.8. The van der Waals surface area contributed by atoms with Gasteiger partial charge in [0.1, 0.15) is 0 Å². The Balaban J connectivity index is 1.98. The maximum atomic E-state index is 10.8. The summed E-state index contributed by atoms with van der Waals surface area (Å²) in [5, 5.41) is 6.07. The molecule has 2 unspecified atom stereocenters. The summed E-state index contributed by atoms with van der Waals surface area (Å²) in [6.45, 7) is 2.28. The van der Waals surface area contributed by atoms with Gasteiger partial charge in [-0.1, -0.05) is 13.0 Å². The predicted octanol–water partition coefficient (Wildman–Crippen LogP) is 2.78. The van der Waals surface area contributed by atoms with Crippen LogP contribution in [0.2, 0.25) is 0 Å². The highest BCUT2D eigenvalue weighted by Gasteiger charge is 2.20. The van der Waals surface area contributed by atoms with Crippen molar-refractivity contribution in [3.63, 3.8) is 0 Å². The monoisotopic (exact) mass is 233 g/mol. The molecule has 2 amide bonds. The summed E-state index contributed by atoms with van der Waals surface area (Å²) in [5.41, 5.74) is 6.85. The van der Waals surface area contributed by atoms with Crippen LogP contribution < -0.4 is 16.4 Å². The number of nitrogens with one attached hydrogen (secondary N) is 2. The van der Waals surface area contributed by atoms with Crippen LogP contribution in [-0.2, 0) is 0 Å². The van der Waals surface area contributed by atoms with Gasteiger partial charge in [0.25, 0.3) is 0 Å². The van der Waals surface area contributed by atoms with Gasteiger partial charge in [-0.15, -0.1) is 0 Å². The third-order valence-electron chi connectivity index (χ3n) is 3.20. The third kappa shape index (κ3) is 3.37. The van der Waals surface area contributed by atoms with E-state index in [2.05, 4.69) is 17.6 Å². The quantitative estimate of drug-likeness (QED) is 0.751. The number of rotatable bonds is 3. The van der Waals surface area contributed by atoms with E-state index in [1.54, 1.807) is 0 Å². The van der Waals surface area contributed by atoms with Crippen molar-refractivity contribution in [3.05, 3.63) is 24.3 Å². The van der Waals surface area contributed by atoms with Crippen LogP contribution in [-0.4, -0.2) is 12.1 Å². The lowest BCUT2D eigenvalue weighted by Crippen LogP contribution is -2.19. The van der Waals surface area contributed by atoms with Gasteiger partial charge in [0.2, 0.25) is 0 Å². The molecule has 0 saturated heterocycles. The summed E-state index contributed by atoms with van der Waals surface area (Å²) in [5.74, 6) is 0.805. The fourth-order valence-corrected chi connectivity index (χ4v) is 2.40. The molecule has 0 aromatic heterocycles. The molecule has 1 saturated carbocycles. The van der Waals surface area contributed by atoms with Crippen LogP contribution in [0.1, 0.15) is 26.2 Å². The molecule has 4 nitrogen and oxygen atoms in total. The molecule has 0 aliphatic heterocycles. The Morgan fingerprint density at radius 1 is 1.35 bits per heavy atom. The van der Waals surface area contributed by atoms with Crippen LogP contribution in [0.5, 0.6) is 0 Å². The molecule has 17 heavy (non-hydrogen) atoms. The van der Waals surface area contributed by atoms with Gasteiger partial charge in [-0.25, -0.2) is 4.79 Å². The first-order valence-electron chi connectivity index (χ1n) is 6.06. The zero-order valence-corrected chi connectivity index (χ0v) is 10.1. The maximum absolute atomic E-state index is 10.8. The van der Waals surface area contributed by atoms with Crippen LogP contribution in [0.25, 0.3) is 0 Å². The number of nitrogens with two attached hydrogens (primary N) is 1. The molecule has 1 fully saturated rings. The Bertz CT molecular complexity index is 405. The lowest BCUT2D eigenvalue weighted by molar-refractivity contribution is 0.259. The maximum Gasteiger partial charge on any atom is 0.316 e. The average molecular weight is 233 g/mol. The van der Waals surface area contributed by atoms with Crippen molar-refractivity contribution in [1.82, 2.24) is 0 Å². The third-order valence-corrected chi connectivity index (χ3v) is 3.20. The second-order valence-corrected chi connectivity index (χ2v) is 4.83. The number of amides is 2. The minimum atomic E-state index is -0.531. The molecule has 1 aliphatic rings. The molecule has 0 spiro atoms. The molecular formula is C13H19N3O. The molecule has 1 aromatic carbocycles. The molecule has 1 aromatic rings. The van der Waals surface area contributed by atoms with Crippen molar-refractivity contribution < 1.29 is 4.79 Å². The van der Waals surface area contributed by atoms with Crippen LogP contribution >= 0.6 is 0 Å². The number of benzene rings is 1. The molecule has 0 bridgehead atoms. The summed E-state index contributed by atoms with van der Waals surface area (Å²) >= 11 is 0. The Kier molecular flexibility index (Phi) is 3.52. The highest BCUT2D eigenvalue weighted by Crippen LogP contribution is 2.28. The van der Waals surface area contributed by atoms with Gasteiger partial charge in [0.05, 0.1) is 0 Å². The number of carbonyl (C=O) groups is 1. The molecule has 1 aliphatic carbocycles. The highest BCUT2D eigenvalue weighted by molar-refractivity contribution is 5.88. The van der Waals surface area contributed by atoms with E-state index in [4.69, 9.17) is 5.73 Å². The Morgan fingerprint density at radius 3 is 2.76 bits per heavy atom. The number of hydrogen-bond acceptors (Lipinski definition) is 2. The molecular weight excluding hydrogens is 214 g/mol. The SMILES string of the molecule is CC1CCC(Nc2cccc(NC(N)=O)c2)C1. The van der Waals surface area contributed by atoms with E-state index >= 15 is 0 Å². The minimum absolute atomic E-state index is 0.531. The Labute approximate surface area is 102 Å². The van der Waals surface area contributed by atoms with Crippen molar-refractivity contribution in [2.24, 2.45) is 11.7 Å². The van der Waals surface area contributed by atoms with E-state index in [-0.39, 0.29) is 0 Å². The summed E-state index contributed by atoms with van der Waals surface area (Å²) < 4.78 is 0. The second-order valence-electron chi connectivity index (χ2n) is 4.83. The summed E-state index contributed by atoms with van der Waals surface area (Å²) in [6.07, 6.45) is 3.72. The number of primary amides is 1. The first-order chi connectivity index (χ1) is 8.13.